The molecule has 0 aromatic heterocycles. The average Bonchev–Trinajstić information content (AvgIpc) is 2.78. The summed E-state index contributed by atoms with van der Waals surface area (Å²) in [5, 5.41) is 0. The molecule has 0 spiro atoms. The van der Waals surface area contributed by atoms with Crippen LogP contribution >= 0.6 is 0 Å². The summed E-state index contributed by atoms with van der Waals surface area (Å²) in [7, 11) is 0. The highest BCUT2D eigenvalue weighted by atomic mass is 14.1. The van der Waals surface area contributed by atoms with Gasteiger partial charge in [-0.1, -0.05) is 184 Å². The Morgan fingerprint density at radius 2 is 0.586 bits per heavy atom. The molecule has 0 aliphatic carbocycles. The molecule has 0 N–H and O–H groups in total. The maximum atomic E-state index is 2.38. The van der Waals surface area contributed by atoms with Crippen molar-refractivity contribution in [3.8, 4) is 0 Å². The van der Waals surface area contributed by atoms with Gasteiger partial charge in [-0.25, -0.2) is 0 Å². The standard InChI is InChI=1S/C17H36.C8H18.2C2H6/c1-4-7-9-11-12-14-16-17(6-3)15-13-10-8-5-2;1-3-5-7-8-6-4-2;2*1-2/h17H,4-16H2,1-3H3;3-8H2,1-2H3;2*1-2H3. The van der Waals surface area contributed by atoms with E-state index in [1.165, 1.54) is 122 Å². The highest BCUT2D eigenvalue weighted by Crippen LogP contribution is 2.21. The van der Waals surface area contributed by atoms with Crippen LogP contribution in [0.4, 0.5) is 0 Å². The van der Waals surface area contributed by atoms with Gasteiger partial charge in [-0.3, -0.25) is 0 Å². The van der Waals surface area contributed by atoms with Crippen molar-refractivity contribution >= 4 is 0 Å². The first-order valence-electron chi connectivity index (χ1n) is 14.3. The minimum Gasteiger partial charge on any atom is -0.0683 e. The topological polar surface area (TPSA) is 0 Å². The monoisotopic (exact) mass is 415 g/mol. The summed E-state index contributed by atoms with van der Waals surface area (Å²) in [6.45, 7) is 19.5. The second kappa shape index (κ2) is 42.2. The van der Waals surface area contributed by atoms with E-state index in [4.69, 9.17) is 0 Å². The van der Waals surface area contributed by atoms with E-state index in [0.29, 0.717) is 0 Å². The van der Waals surface area contributed by atoms with Crippen molar-refractivity contribution in [3.63, 3.8) is 0 Å². The molecule has 1 atom stereocenters. The minimum atomic E-state index is 1.03. The number of rotatable bonds is 18. The number of hydrogen-bond acceptors (Lipinski definition) is 0. The highest BCUT2D eigenvalue weighted by Gasteiger charge is 2.05. The fourth-order valence-electron chi connectivity index (χ4n) is 3.48. The smallest absolute Gasteiger partial charge is 0.0417 e. The zero-order valence-electron chi connectivity index (χ0n) is 23.0. The lowest BCUT2D eigenvalue weighted by atomic mass is 9.92. The van der Waals surface area contributed by atoms with E-state index in [1.807, 2.05) is 27.7 Å². The molecule has 0 radical (unpaired) electrons. The molecule has 1 unspecified atom stereocenters. The van der Waals surface area contributed by atoms with Crippen molar-refractivity contribution in [1.82, 2.24) is 0 Å². The van der Waals surface area contributed by atoms with Gasteiger partial charge in [0.1, 0.15) is 0 Å². The van der Waals surface area contributed by atoms with Crippen molar-refractivity contribution in [3.05, 3.63) is 0 Å². The van der Waals surface area contributed by atoms with Crippen molar-refractivity contribution in [2.75, 3.05) is 0 Å². The van der Waals surface area contributed by atoms with Gasteiger partial charge < -0.3 is 0 Å². The molecule has 0 aliphatic rings. The third-order valence-electron chi connectivity index (χ3n) is 5.47. The Morgan fingerprint density at radius 3 is 0.862 bits per heavy atom. The molecule has 0 saturated carbocycles. The van der Waals surface area contributed by atoms with Crippen LogP contribution in [0.1, 0.15) is 184 Å². The van der Waals surface area contributed by atoms with Crippen LogP contribution in [-0.4, -0.2) is 0 Å². The summed E-state index contributed by atoms with van der Waals surface area (Å²) in [6, 6.07) is 0. The van der Waals surface area contributed by atoms with E-state index in [2.05, 4.69) is 34.6 Å². The first kappa shape index (κ1) is 36.4. The molecule has 29 heavy (non-hydrogen) atoms. The largest absolute Gasteiger partial charge is 0.0683 e. The van der Waals surface area contributed by atoms with E-state index in [-0.39, 0.29) is 0 Å². The van der Waals surface area contributed by atoms with E-state index < -0.39 is 0 Å². The van der Waals surface area contributed by atoms with E-state index in [0.717, 1.165) is 5.92 Å². The predicted octanol–water partition coefficient (Wildman–Crippen LogP) is 12.2. The fourth-order valence-corrected chi connectivity index (χ4v) is 3.48. The molecule has 0 nitrogen and oxygen atoms in total. The zero-order valence-corrected chi connectivity index (χ0v) is 23.0. The van der Waals surface area contributed by atoms with Crippen LogP contribution in [0.3, 0.4) is 0 Å². The van der Waals surface area contributed by atoms with Crippen LogP contribution in [-0.2, 0) is 0 Å². The Bertz CT molecular complexity index is 190. The molecular weight excluding hydrogens is 348 g/mol. The number of hydrogen-bond donors (Lipinski definition) is 0. The first-order valence-corrected chi connectivity index (χ1v) is 14.3. The van der Waals surface area contributed by atoms with Crippen LogP contribution in [0.5, 0.6) is 0 Å². The highest BCUT2D eigenvalue weighted by molar-refractivity contribution is 4.58. The molecule has 0 fully saturated rings. The molecule has 0 heteroatoms. The van der Waals surface area contributed by atoms with Gasteiger partial charge in [0.2, 0.25) is 0 Å². The Morgan fingerprint density at radius 1 is 0.345 bits per heavy atom. The third-order valence-corrected chi connectivity index (χ3v) is 5.47. The van der Waals surface area contributed by atoms with Gasteiger partial charge in [-0.2, -0.15) is 0 Å². The van der Waals surface area contributed by atoms with Crippen molar-refractivity contribution in [2.45, 2.75) is 184 Å². The third kappa shape index (κ3) is 42.9. The Labute approximate surface area is 190 Å². The van der Waals surface area contributed by atoms with E-state index in [1.54, 1.807) is 0 Å². The Balaban J connectivity index is -0.000000218. The van der Waals surface area contributed by atoms with Gasteiger partial charge in [0, 0.05) is 0 Å². The zero-order chi connectivity index (χ0) is 23.0. The van der Waals surface area contributed by atoms with Crippen LogP contribution in [0, 0.1) is 5.92 Å². The minimum absolute atomic E-state index is 1.03. The second-order valence-corrected chi connectivity index (χ2v) is 8.09. The summed E-state index contributed by atoms with van der Waals surface area (Å²) in [5.41, 5.74) is 0. The van der Waals surface area contributed by atoms with Crippen molar-refractivity contribution < 1.29 is 0 Å². The maximum absolute atomic E-state index is 2.38. The van der Waals surface area contributed by atoms with Gasteiger partial charge in [-0.05, 0) is 5.92 Å². The molecule has 0 heterocycles. The molecule has 0 saturated heterocycles. The quantitative estimate of drug-likeness (QED) is 0.195. The SMILES string of the molecule is CC.CC.CCCCCCCC.CCCCCCCCC(CC)CCCCCC. The van der Waals surface area contributed by atoms with E-state index >= 15 is 0 Å². The normalized spacial score (nSPS) is 10.7. The van der Waals surface area contributed by atoms with Gasteiger partial charge >= 0.3 is 0 Å². The fraction of sp³-hybridized carbons (Fsp3) is 1.00. The maximum Gasteiger partial charge on any atom is -0.0417 e. The Kier molecular flexibility index (Phi) is 52.9. The summed E-state index contributed by atoms with van der Waals surface area (Å²) in [4.78, 5) is 0. The molecule has 0 aromatic rings. The lowest BCUT2D eigenvalue weighted by Gasteiger charge is -2.14. The van der Waals surface area contributed by atoms with Crippen molar-refractivity contribution in [1.29, 1.82) is 0 Å². The van der Waals surface area contributed by atoms with Crippen LogP contribution in [0.25, 0.3) is 0 Å². The first-order chi connectivity index (χ1) is 14.3. The summed E-state index contributed by atoms with van der Waals surface area (Å²) in [5.74, 6) is 1.03. The summed E-state index contributed by atoms with van der Waals surface area (Å²) >= 11 is 0. The van der Waals surface area contributed by atoms with Gasteiger partial charge in [-0.15, -0.1) is 0 Å². The molecule has 0 rings (SSSR count). The molecule has 0 bridgehead atoms. The Hall–Kier alpha value is 0. The molecule has 0 amide bonds. The predicted molar refractivity (Wildman–Crippen MR) is 142 cm³/mol. The van der Waals surface area contributed by atoms with Gasteiger partial charge in [0.05, 0.1) is 0 Å². The van der Waals surface area contributed by atoms with Crippen LogP contribution in [0.15, 0.2) is 0 Å². The molecule has 0 aliphatic heterocycles. The average molecular weight is 415 g/mol. The lowest BCUT2D eigenvalue weighted by molar-refractivity contribution is 0.394. The van der Waals surface area contributed by atoms with Gasteiger partial charge in [0.15, 0.2) is 0 Å². The molecule has 0 aromatic carbocycles. The van der Waals surface area contributed by atoms with Crippen molar-refractivity contribution in [2.24, 2.45) is 5.92 Å². The summed E-state index contributed by atoms with van der Waals surface area (Å²) in [6.07, 6.45) is 27.3. The van der Waals surface area contributed by atoms with Gasteiger partial charge in [0.25, 0.3) is 0 Å². The molecular formula is C29H66. The van der Waals surface area contributed by atoms with E-state index in [9.17, 15) is 0 Å². The van der Waals surface area contributed by atoms with Crippen LogP contribution in [0.2, 0.25) is 0 Å². The van der Waals surface area contributed by atoms with Crippen LogP contribution < -0.4 is 0 Å². The summed E-state index contributed by atoms with van der Waals surface area (Å²) < 4.78 is 0. The second-order valence-electron chi connectivity index (χ2n) is 8.09. The number of unbranched alkanes of at least 4 members (excludes halogenated alkanes) is 13. The lowest BCUT2D eigenvalue weighted by Crippen LogP contribution is -1.99. The molecule has 182 valence electrons.